The number of nitrogens with zero attached hydrogens (tertiary/aromatic N) is 1. The average Bonchev–Trinajstić information content (AvgIpc) is 3.09. The summed E-state index contributed by atoms with van der Waals surface area (Å²) in [7, 11) is 0. The van der Waals surface area contributed by atoms with Gasteiger partial charge in [0.2, 0.25) is 0 Å². The minimum absolute atomic E-state index is 0.105. The summed E-state index contributed by atoms with van der Waals surface area (Å²) in [4.78, 5) is 17.0. The van der Waals surface area contributed by atoms with Crippen molar-refractivity contribution in [3.63, 3.8) is 0 Å². The Balaban J connectivity index is 1.53. The molecule has 2 fully saturated rings. The zero-order chi connectivity index (χ0) is 17.2. The maximum Gasteiger partial charge on any atom is 0.315 e. The number of rotatable bonds is 4. The monoisotopic (exact) mass is 339 g/mol. The van der Waals surface area contributed by atoms with Crippen molar-refractivity contribution in [3.8, 4) is 0 Å². The molecular formula is C20H25N3O2. The highest BCUT2D eigenvalue weighted by molar-refractivity contribution is 5.79. The molecule has 2 aliphatic rings. The first kappa shape index (κ1) is 16.3. The largest absolute Gasteiger partial charge is 0.393 e. The highest BCUT2D eigenvalue weighted by Gasteiger charge is 2.36. The van der Waals surface area contributed by atoms with Gasteiger partial charge in [-0.2, -0.15) is 0 Å². The van der Waals surface area contributed by atoms with Crippen LogP contribution in [0.15, 0.2) is 36.5 Å². The molecule has 0 saturated heterocycles. The van der Waals surface area contributed by atoms with E-state index in [0.29, 0.717) is 6.04 Å². The third-order valence-electron chi connectivity index (χ3n) is 5.57. The molecular weight excluding hydrogens is 314 g/mol. The van der Waals surface area contributed by atoms with Crippen molar-refractivity contribution in [2.45, 2.75) is 56.7 Å². The van der Waals surface area contributed by atoms with Crippen LogP contribution in [0.4, 0.5) is 4.79 Å². The van der Waals surface area contributed by atoms with Gasteiger partial charge < -0.3 is 15.7 Å². The molecule has 0 radical (unpaired) electrons. The number of carbonyl (C=O) groups excluding carboxylic acids is 1. The number of aliphatic hydroxyl groups excluding tert-OH is 1. The predicted molar refractivity (Wildman–Crippen MR) is 97.1 cm³/mol. The van der Waals surface area contributed by atoms with Gasteiger partial charge in [-0.3, -0.25) is 4.98 Å². The highest BCUT2D eigenvalue weighted by Crippen LogP contribution is 2.38. The van der Waals surface area contributed by atoms with E-state index in [0.717, 1.165) is 42.1 Å². The van der Waals surface area contributed by atoms with E-state index in [2.05, 4.69) is 21.7 Å². The number of hydrogen-bond acceptors (Lipinski definition) is 3. The number of aromatic nitrogens is 1. The molecule has 5 heteroatoms. The third-order valence-corrected chi connectivity index (χ3v) is 5.57. The summed E-state index contributed by atoms with van der Waals surface area (Å²) in [5, 5.41) is 17.0. The van der Waals surface area contributed by atoms with Crippen molar-refractivity contribution < 1.29 is 9.90 Å². The Labute approximate surface area is 147 Å². The molecule has 1 aromatic carbocycles. The number of para-hydroxylation sites is 1. The van der Waals surface area contributed by atoms with Crippen LogP contribution >= 0.6 is 0 Å². The van der Waals surface area contributed by atoms with E-state index in [1.54, 1.807) is 0 Å². The second-order valence-corrected chi connectivity index (χ2v) is 7.42. The maximum atomic E-state index is 12.5. The summed E-state index contributed by atoms with van der Waals surface area (Å²) >= 11 is 0. The Morgan fingerprint density at radius 3 is 2.72 bits per heavy atom. The van der Waals surface area contributed by atoms with Gasteiger partial charge >= 0.3 is 6.03 Å². The number of hydrogen-bond donors (Lipinski definition) is 3. The molecule has 2 aromatic rings. The summed E-state index contributed by atoms with van der Waals surface area (Å²) < 4.78 is 0. The van der Waals surface area contributed by atoms with Crippen LogP contribution < -0.4 is 10.6 Å². The quantitative estimate of drug-likeness (QED) is 0.800. The molecule has 3 N–H and O–H groups in total. The molecule has 1 aromatic heterocycles. The van der Waals surface area contributed by atoms with Gasteiger partial charge in [0.15, 0.2) is 0 Å². The molecule has 25 heavy (non-hydrogen) atoms. The predicted octanol–water partition coefficient (Wildman–Crippen LogP) is 3.29. The van der Waals surface area contributed by atoms with E-state index in [-0.39, 0.29) is 24.1 Å². The van der Waals surface area contributed by atoms with Crippen molar-refractivity contribution in [3.05, 3.63) is 42.1 Å². The Kier molecular flexibility index (Phi) is 4.57. The SMILES string of the molecule is O=C(NC1CCCC1)N[C@@H](c1cnc2ccccc2c1)C1CC(O)C1. The molecule has 0 aliphatic heterocycles. The second kappa shape index (κ2) is 7.00. The topological polar surface area (TPSA) is 74.2 Å². The first-order valence-corrected chi connectivity index (χ1v) is 9.29. The molecule has 2 aliphatic carbocycles. The first-order chi connectivity index (χ1) is 12.2. The molecule has 4 rings (SSSR count). The Hall–Kier alpha value is -2.14. The highest BCUT2D eigenvalue weighted by atomic mass is 16.3. The smallest absolute Gasteiger partial charge is 0.315 e. The maximum absolute atomic E-state index is 12.5. The molecule has 5 nitrogen and oxygen atoms in total. The van der Waals surface area contributed by atoms with Crippen LogP contribution in [0.3, 0.4) is 0 Å². The van der Waals surface area contributed by atoms with Crippen LogP contribution in [0.2, 0.25) is 0 Å². The summed E-state index contributed by atoms with van der Waals surface area (Å²) in [6.07, 6.45) is 7.57. The summed E-state index contributed by atoms with van der Waals surface area (Å²) in [5.74, 6) is 0.257. The van der Waals surface area contributed by atoms with E-state index in [1.807, 2.05) is 30.5 Å². The van der Waals surface area contributed by atoms with E-state index in [9.17, 15) is 9.90 Å². The first-order valence-electron chi connectivity index (χ1n) is 9.29. The number of carbonyl (C=O) groups is 1. The number of benzene rings is 1. The number of pyridine rings is 1. The lowest BCUT2D eigenvalue weighted by molar-refractivity contribution is 0.0258. The molecule has 1 atom stereocenters. The Morgan fingerprint density at radius 2 is 1.96 bits per heavy atom. The van der Waals surface area contributed by atoms with Gasteiger partial charge in [-0.1, -0.05) is 31.0 Å². The van der Waals surface area contributed by atoms with Gasteiger partial charge in [-0.05, 0) is 49.3 Å². The van der Waals surface area contributed by atoms with Gasteiger partial charge in [0, 0.05) is 17.6 Å². The number of amides is 2. The fourth-order valence-corrected chi connectivity index (χ4v) is 4.07. The number of aliphatic hydroxyl groups is 1. The Morgan fingerprint density at radius 1 is 1.20 bits per heavy atom. The van der Waals surface area contributed by atoms with E-state index < -0.39 is 0 Å². The van der Waals surface area contributed by atoms with Crippen LogP contribution in [0.1, 0.15) is 50.1 Å². The fraction of sp³-hybridized carbons (Fsp3) is 0.500. The average molecular weight is 339 g/mol. The van der Waals surface area contributed by atoms with Gasteiger partial charge in [-0.15, -0.1) is 0 Å². The molecule has 0 spiro atoms. The molecule has 2 saturated carbocycles. The minimum Gasteiger partial charge on any atom is -0.393 e. The lowest BCUT2D eigenvalue weighted by Crippen LogP contribution is -2.47. The zero-order valence-electron chi connectivity index (χ0n) is 14.3. The molecule has 2 amide bonds. The molecule has 0 bridgehead atoms. The van der Waals surface area contributed by atoms with Crippen LogP contribution in [-0.4, -0.2) is 28.3 Å². The van der Waals surface area contributed by atoms with Crippen LogP contribution in [-0.2, 0) is 0 Å². The van der Waals surface area contributed by atoms with E-state index >= 15 is 0 Å². The fourth-order valence-electron chi connectivity index (χ4n) is 4.07. The number of fused-ring (bicyclic) bond motifs is 1. The lowest BCUT2D eigenvalue weighted by atomic mass is 9.75. The molecule has 132 valence electrons. The van der Waals surface area contributed by atoms with Crippen LogP contribution in [0.5, 0.6) is 0 Å². The van der Waals surface area contributed by atoms with Crippen molar-refractivity contribution >= 4 is 16.9 Å². The van der Waals surface area contributed by atoms with Gasteiger partial charge in [0.1, 0.15) is 0 Å². The summed E-state index contributed by atoms with van der Waals surface area (Å²) in [5.41, 5.74) is 1.96. The third kappa shape index (κ3) is 3.61. The normalized spacial score (nSPS) is 24.7. The van der Waals surface area contributed by atoms with Gasteiger partial charge in [0.05, 0.1) is 17.7 Å². The number of nitrogens with one attached hydrogen (secondary N) is 2. The summed E-state index contributed by atoms with van der Waals surface area (Å²) in [6.45, 7) is 0. The zero-order valence-corrected chi connectivity index (χ0v) is 14.3. The van der Waals surface area contributed by atoms with Crippen molar-refractivity contribution in [2.75, 3.05) is 0 Å². The number of urea groups is 1. The lowest BCUT2D eigenvalue weighted by Gasteiger charge is -2.38. The van der Waals surface area contributed by atoms with Gasteiger partial charge in [-0.25, -0.2) is 4.79 Å². The van der Waals surface area contributed by atoms with Gasteiger partial charge in [0.25, 0.3) is 0 Å². The van der Waals surface area contributed by atoms with Crippen LogP contribution in [0.25, 0.3) is 10.9 Å². The standard InChI is InChI=1S/C20H25N3O2/c24-17-10-14(11-17)19(23-20(25)22-16-6-2-3-7-16)15-9-13-5-1-4-8-18(13)21-12-15/h1,4-5,8-9,12,14,16-17,19,24H,2-3,6-7,10-11H2,(H2,22,23,25)/t14?,17?,19-/m1/s1. The summed E-state index contributed by atoms with van der Waals surface area (Å²) in [6, 6.07) is 10.2. The minimum atomic E-state index is -0.249. The van der Waals surface area contributed by atoms with Crippen molar-refractivity contribution in [1.29, 1.82) is 0 Å². The van der Waals surface area contributed by atoms with Crippen molar-refractivity contribution in [2.24, 2.45) is 5.92 Å². The second-order valence-electron chi connectivity index (χ2n) is 7.42. The Bertz CT molecular complexity index is 751. The van der Waals surface area contributed by atoms with Crippen LogP contribution in [0, 0.1) is 5.92 Å². The molecule has 0 unspecified atom stereocenters. The van der Waals surface area contributed by atoms with E-state index in [4.69, 9.17) is 0 Å². The molecule has 1 heterocycles. The van der Waals surface area contributed by atoms with Crippen molar-refractivity contribution in [1.82, 2.24) is 15.6 Å². The van der Waals surface area contributed by atoms with E-state index in [1.165, 1.54) is 12.8 Å².